The maximum absolute atomic E-state index is 4.79. The van der Waals surface area contributed by atoms with Crippen LogP contribution in [0.2, 0.25) is 0 Å². The maximum Gasteiger partial charge on any atom is 0.152 e. The van der Waals surface area contributed by atoms with Crippen LogP contribution in [-0.2, 0) is 0 Å². The molecule has 0 saturated carbocycles. The van der Waals surface area contributed by atoms with Crippen LogP contribution in [0.1, 0.15) is 0 Å². The van der Waals surface area contributed by atoms with Crippen LogP contribution in [0.5, 0.6) is 0 Å². The molecule has 0 fully saturated rings. The molecule has 0 aliphatic carbocycles. The van der Waals surface area contributed by atoms with Gasteiger partial charge in [-0.2, -0.15) is 5.10 Å². The highest BCUT2D eigenvalue weighted by atomic mass is 35.5. The summed E-state index contributed by atoms with van der Waals surface area (Å²) in [4.78, 5) is 11.5. The van der Waals surface area contributed by atoms with E-state index in [4.69, 9.17) is 4.98 Å². The molecule has 0 amide bonds. The summed E-state index contributed by atoms with van der Waals surface area (Å²) in [5, 5.41) is 9.28. The Labute approximate surface area is 168 Å². The Balaban J connectivity index is 0.00000192. The van der Waals surface area contributed by atoms with Crippen LogP contribution in [0.15, 0.2) is 79.3 Å². The minimum atomic E-state index is 0. The molecule has 0 aliphatic rings. The predicted octanol–water partition coefficient (Wildman–Crippen LogP) is 5.36. The monoisotopic (exact) mass is 387 g/mol. The lowest BCUT2D eigenvalue weighted by molar-refractivity contribution is 1.09. The van der Waals surface area contributed by atoms with Gasteiger partial charge in [0.2, 0.25) is 0 Å². The molecule has 0 radical (unpaired) electrons. The average molecular weight is 388 g/mol. The summed E-state index contributed by atoms with van der Waals surface area (Å²) in [6.07, 6.45) is 5.49. The van der Waals surface area contributed by atoms with Crippen LogP contribution < -0.4 is 4.90 Å². The number of fused-ring (bicyclic) bond motifs is 2. The van der Waals surface area contributed by atoms with Gasteiger partial charge in [-0.15, -0.1) is 12.4 Å². The van der Waals surface area contributed by atoms with Gasteiger partial charge in [0.1, 0.15) is 0 Å². The number of anilines is 2. The topological polar surface area (TPSA) is 57.7 Å². The zero-order valence-electron chi connectivity index (χ0n) is 15.2. The number of halogens is 1. The third-order valence-corrected chi connectivity index (χ3v) is 4.83. The number of aromatic nitrogens is 4. The van der Waals surface area contributed by atoms with Gasteiger partial charge in [0.15, 0.2) is 5.82 Å². The highest BCUT2D eigenvalue weighted by molar-refractivity contribution is 5.87. The molecule has 5 rings (SSSR count). The summed E-state index contributed by atoms with van der Waals surface area (Å²) in [6, 6.07) is 20.8. The Hall–Kier alpha value is -3.44. The molecule has 5 nitrogen and oxygen atoms in total. The van der Waals surface area contributed by atoms with Crippen molar-refractivity contribution in [2.45, 2.75) is 0 Å². The smallest absolute Gasteiger partial charge is 0.152 e. The van der Waals surface area contributed by atoms with E-state index in [1.165, 1.54) is 10.8 Å². The van der Waals surface area contributed by atoms with E-state index in [9.17, 15) is 0 Å². The van der Waals surface area contributed by atoms with Crippen LogP contribution in [-0.4, -0.2) is 27.2 Å². The molecule has 5 aromatic rings. The second kappa shape index (κ2) is 7.29. The molecule has 138 valence electrons. The molecule has 6 heteroatoms. The highest BCUT2D eigenvalue weighted by Gasteiger charge is 2.09. The number of nitrogens with one attached hydrogen (secondary N) is 1. The second-order valence-electron chi connectivity index (χ2n) is 6.51. The van der Waals surface area contributed by atoms with Crippen molar-refractivity contribution >= 4 is 45.7 Å². The van der Waals surface area contributed by atoms with E-state index in [2.05, 4.69) is 62.5 Å². The summed E-state index contributed by atoms with van der Waals surface area (Å²) in [5.74, 6) is 0.814. The number of aromatic amines is 1. The SMILES string of the molecule is CN(c1ccc2ccccc2c1)c1cnc2cc(-c3cn[nH]c3)ccc2n1.Cl. The fourth-order valence-electron chi connectivity index (χ4n) is 3.27. The van der Waals surface area contributed by atoms with Gasteiger partial charge >= 0.3 is 0 Å². The first kappa shape index (κ1) is 17.9. The summed E-state index contributed by atoms with van der Waals surface area (Å²) in [5.41, 5.74) is 4.92. The molecule has 0 spiro atoms. The standard InChI is InChI=1S/C22H17N5.ClH/c1-27(19-8-6-15-4-2-3-5-16(15)10-19)22-14-23-21-11-17(7-9-20(21)26-22)18-12-24-25-13-18;/h2-14H,1H3,(H,24,25);1H. The first-order valence-electron chi connectivity index (χ1n) is 8.76. The van der Waals surface area contributed by atoms with Crippen LogP contribution in [0, 0.1) is 0 Å². The molecule has 3 aromatic carbocycles. The van der Waals surface area contributed by atoms with Gasteiger partial charge in [0.05, 0.1) is 23.4 Å². The van der Waals surface area contributed by atoms with Crippen LogP contribution in [0.25, 0.3) is 32.9 Å². The zero-order chi connectivity index (χ0) is 18.2. The fourth-order valence-corrected chi connectivity index (χ4v) is 3.27. The van der Waals surface area contributed by atoms with Gasteiger partial charge in [0.25, 0.3) is 0 Å². The Morgan fingerprint density at radius 1 is 0.821 bits per heavy atom. The van der Waals surface area contributed by atoms with E-state index < -0.39 is 0 Å². The molecule has 2 heterocycles. The third-order valence-electron chi connectivity index (χ3n) is 4.83. The second-order valence-corrected chi connectivity index (χ2v) is 6.51. The number of benzene rings is 3. The lowest BCUT2D eigenvalue weighted by Gasteiger charge is -2.19. The zero-order valence-corrected chi connectivity index (χ0v) is 16.0. The molecular formula is C22H18ClN5. The molecule has 28 heavy (non-hydrogen) atoms. The molecule has 0 saturated heterocycles. The van der Waals surface area contributed by atoms with E-state index in [0.29, 0.717) is 0 Å². The van der Waals surface area contributed by atoms with Crippen molar-refractivity contribution in [3.63, 3.8) is 0 Å². The minimum Gasteiger partial charge on any atom is -0.328 e. The molecule has 1 N–H and O–H groups in total. The van der Waals surface area contributed by atoms with Gasteiger partial charge in [-0.05, 0) is 40.6 Å². The Morgan fingerprint density at radius 3 is 2.50 bits per heavy atom. The van der Waals surface area contributed by atoms with E-state index >= 15 is 0 Å². The van der Waals surface area contributed by atoms with Crippen LogP contribution >= 0.6 is 12.4 Å². The largest absolute Gasteiger partial charge is 0.328 e. The summed E-state index contributed by atoms with van der Waals surface area (Å²) >= 11 is 0. The first-order chi connectivity index (χ1) is 13.3. The van der Waals surface area contributed by atoms with Gasteiger partial charge in [-0.1, -0.05) is 36.4 Å². The first-order valence-corrected chi connectivity index (χ1v) is 8.76. The van der Waals surface area contributed by atoms with E-state index in [1.54, 1.807) is 6.20 Å². The molecular weight excluding hydrogens is 370 g/mol. The normalized spacial score (nSPS) is 10.8. The number of rotatable bonds is 3. The molecule has 0 unspecified atom stereocenters. The van der Waals surface area contributed by atoms with Crippen molar-refractivity contribution in [1.82, 2.24) is 20.2 Å². The third kappa shape index (κ3) is 3.17. The minimum absolute atomic E-state index is 0. The van der Waals surface area contributed by atoms with Crippen molar-refractivity contribution in [2.24, 2.45) is 0 Å². The summed E-state index contributed by atoms with van der Waals surface area (Å²) < 4.78 is 0. The summed E-state index contributed by atoms with van der Waals surface area (Å²) in [6.45, 7) is 0. The van der Waals surface area contributed by atoms with Crippen molar-refractivity contribution in [3.05, 3.63) is 79.3 Å². The van der Waals surface area contributed by atoms with Crippen LogP contribution in [0.3, 0.4) is 0 Å². The van der Waals surface area contributed by atoms with Crippen molar-refractivity contribution in [2.75, 3.05) is 11.9 Å². The van der Waals surface area contributed by atoms with Gasteiger partial charge in [0, 0.05) is 24.5 Å². The Morgan fingerprint density at radius 2 is 1.68 bits per heavy atom. The number of hydrogen-bond donors (Lipinski definition) is 1. The highest BCUT2D eigenvalue weighted by Crippen LogP contribution is 2.28. The number of hydrogen-bond acceptors (Lipinski definition) is 4. The van der Waals surface area contributed by atoms with Crippen molar-refractivity contribution in [3.8, 4) is 11.1 Å². The van der Waals surface area contributed by atoms with Crippen molar-refractivity contribution < 1.29 is 0 Å². The molecule has 0 aliphatic heterocycles. The average Bonchev–Trinajstić information content (AvgIpc) is 3.27. The lowest BCUT2D eigenvalue weighted by Crippen LogP contribution is -2.11. The molecule has 0 bridgehead atoms. The number of nitrogens with zero attached hydrogens (tertiary/aromatic N) is 4. The van der Waals surface area contributed by atoms with Gasteiger partial charge in [-0.3, -0.25) is 10.1 Å². The Bertz CT molecular complexity index is 1250. The van der Waals surface area contributed by atoms with E-state index in [0.717, 1.165) is 33.7 Å². The number of H-pyrrole nitrogens is 1. The predicted molar refractivity (Wildman–Crippen MR) is 116 cm³/mol. The molecule has 2 aromatic heterocycles. The van der Waals surface area contributed by atoms with Gasteiger partial charge < -0.3 is 4.90 Å². The lowest BCUT2D eigenvalue weighted by atomic mass is 10.1. The summed E-state index contributed by atoms with van der Waals surface area (Å²) in [7, 11) is 2.01. The fraction of sp³-hybridized carbons (Fsp3) is 0.0455. The van der Waals surface area contributed by atoms with E-state index in [1.807, 2.05) is 37.6 Å². The van der Waals surface area contributed by atoms with Crippen molar-refractivity contribution in [1.29, 1.82) is 0 Å². The Kier molecular flexibility index (Phi) is 4.67. The molecule has 0 atom stereocenters. The van der Waals surface area contributed by atoms with Gasteiger partial charge in [-0.25, -0.2) is 4.98 Å². The van der Waals surface area contributed by atoms with Crippen LogP contribution in [0.4, 0.5) is 11.5 Å². The maximum atomic E-state index is 4.79. The quantitative estimate of drug-likeness (QED) is 0.452. The van der Waals surface area contributed by atoms with E-state index in [-0.39, 0.29) is 12.4 Å².